The monoisotopic (exact) mass is 348 g/mol. The van der Waals surface area contributed by atoms with Gasteiger partial charge in [-0.2, -0.15) is 0 Å². The van der Waals surface area contributed by atoms with Crippen molar-refractivity contribution < 1.29 is 9.18 Å². The SMILES string of the molecule is O=C(Nc1ccc(F)c(Cl)c1)c1ccc(N2CCCCCC2)nn1. The summed E-state index contributed by atoms with van der Waals surface area (Å²) in [5, 5.41) is 10.8. The van der Waals surface area contributed by atoms with Crippen molar-refractivity contribution in [3.8, 4) is 0 Å². The molecule has 1 fully saturated rings. The summed E-state index contributed by atoms with van der Waals surface area (Å²) in [6.45, 7) is 1.93. The Bertz CT molecular complexity index is 715. The number of aromatic nitrogens is 2. The molecule has 1 aliphatic rings. The van der Waals surface area contributed by atoms with Gasteiger partial charge in [0.2, 0.25) is 0 Å². The fourth-order valence-electron chi connectivity index (χ4n) is 2.68. The molecule has 1 N–H and O–H groups in total. The summed E-state index contributed by atoms with van der Waals surface area (Å²) in [5.41, 5.74) is 0.610. The Kier molecular flexibility index (Phi) is 5.25. The van der Waals surface area contributed by atoms with Crippen molar-refractivity contribution in [1.29, 1.82) is 0 Å². The van der Waals surface area contributed by atoms with Crippen LogP contribution in [0.15, 0.2) is 30.3 Å². The highest BCUT2D eigenvalue weighted by Gasteiger charge is 2.14. The van der Waals surface area contributed by atoms with E-state index in [4.69, 9.17) is 11.6 Å². The molecule has 0 aliphatic carbocycles. The summed E-state index contributed by atoms with van der Waals surface area (Å²) < 4.78 is 13.1. The molecule has 1 aromatic heterocycles. The molecule has 0 saturated carbocycles. The van der Waals surface area contributed by atoms with E-state index in [-0.39, 0.29) is 10.7 Å². The van der Waals surface area contributed by atoms with Crippen LogP contribution in [0, 0.1) is 5.82 Å². The van der Waals surface area contributed by atoms with Crippen LogP contribution in [0.3, 0.4) is 0 Å². The maximum Gasteiger partial charge on any atom is 0.276 e. The normalized spacial score (nSPS) is 15.0. The van der Waals surface area contributed by atoms with E-state index < -0.39 is 11.7 Å². The maximum atomic E-state index is 13.1. The van der Waals surface area contributed by atoms with Crippen molar-refractivity contribution in [3.63, 3.8) is 0 Å². The molecule has 2 aromatic rings. The summed E-state index contributed by atoms with van der Waals surface area (Å²) in [7, 11) is 0. The van der Waals surface area contributed by atoms with Crippen LogP contribution in [0.1, 0.15) is 36.2 Å². The van der Waals surface area contributed by atoms with Crippen molar-refractivity contribution in [2.45, 2.75) is 25.7 Å². The summed E-state index contributed by atoms with van der Waals surface area (Å²) in [4.78, 5) is 14.4. The molecule has 1 saturated heterocycles. The molecule has 7 heteroatoms. The van der Waals surface area contributed by atoms with Crippen LogP contribution in [-0.4, -0.2) is 29.2 Å². The minimum absolute atomic E-state index is 0.0459. The number of halogens is 2. The molecule has 0 radical (unpaired) electrons. The summed E-state index contributed by atoms with van der Waals surface area (Å²) in [6, 6.07) is 7.45. The Morgan fingerprint density at radius 2 is 1.83 bits per heavy atom. The van der Waals surface area contributed by atoms with Crippen molar-refractivity contribution >= 4 is 29.0 Å². The van der Waals surface area contributed by atoms with Crippen LogP contribution in [0.5, 0.6) is 0 Å². The number of anilines is 2. The molecular formula is C17H18ClFN4O. The number of carbonyl (C=O) groups is 1. The maximum absolute atomic E-state index is 13.1. The van der Waals surface area contributed by atoms with Gasteiger partial charge >= 0.3 is 0 Å². The van der Waals surface area contributed by atoms with E-state index in [1.165, 1.54) is 31.0 Å². The lowest BCUT2D eigenvalue weighted by Gasteiger charge is -2.20. The second-order valence-corrected chi connectivity index (χ2v) is 6.17. The van der Waals surface area contributed by atoms with Crippen LogP contribution in [-0.2, 0) is 0 Å². The Hall–Kier alpha value is -2.21. The van der Waals surface area contributed by atoms with E-state index in [2.05, 4.69) is 20.4 Å². The predicted molar refractivity (Wildman–Crippen MR) is 92.1 cm³/mol. The molecule has 126 valence electrons. The summed E-state index contributed by atoms with van der Waals surface area (Å²) in [6.07, 6.45) is 4.78. The fourth-order valence-corrected chi connectivity index (χ4v) is 2.86. The van der Waals surface area contributed by atoms with Crippen molar-refractivity contribution in [3.05, 3.63) is 46.9 Å². The molecule has 24 heavy (non-hydrogen) atoms. The van der Waals surface area contributed by atoms with Crippen LogP contribution in [0.2, 0.25) is 5.02 Å². The molecule has 1 aliphatic heterocycles. The lowest BCUT2D eigenvalue weighted by Crippen LogP contribution is -2.25. The largest absolute Gasteiger partial charge is 0.355 e. The van der Waals surface area contributed by atoms with Gasteiger partial charge in [-0.05, 0) is 43.2 Å². The average Bonchev–Trinajstić information content (AvgIpc) is 2.88. The highest BCUT2D eigenvalue weighted by molar-refractivity contribution is 6.31. The van der Waals surface area contributed by atoms with Gasteiger partial charge in [-0.3, -0.25) is 4.79 Å². The first-order chi connectivity index (χ1) is 11.6. The molecule has 3 rings (SSSR count). The Morgan fingerprint density at radius 3 is 2.46 bits per heavy atom. The predicted octanol–water partition coefficient (Wildman–Crippen LogP) is 3.90. The van der Waals surface area contributed by atoms with E-state index in [9.17, 15) is 9.18 Å². The minimum Gasteiger partial charge on any atom is -0.355 e. The molecule has 1 amide bonds. The molecule has 0 atom stereocenters. The zero-order chi connectivity index (χ0) is 16.9. The van der Waals surface area contributed by atoms with E-state index >= 15 is 0 Å². The Labute approximate surface area is 144 Å². The van der Waals surface area contributed by atoms with Crippen LogP contribution in [0.4, 0.5) is 15.9 Å². The standard InChI is InChI=1S/C17H18ClFN4O/c18-13-11-12(5-6-14(13)19)20-17(24)15-7-8-16(22-21-15)23-9-3-1-2-4-10-23/h5-8,11H,1-4,9-10H2,(H,20,24). The minimum atomic E-state index is -0.531. The zero-order valence-corrected chi connectivity index (χ0v) is 13.9. The molecule has 0 spiro atoms. The zero-order valence-electron chi connectivity index (χ0n) is 13.1. The Balaban J connectivity index is 1.68. The lowest BCUT2D eigenvalue weighted by atomic mass is 10.2. The number of nitrogens with zero attached hydrogens (tertiary/aromatic N) is 3. The first-order valence-corrected chi connectivity index (χ1v) is 8.36. The van der Waals surface area contributed by atoms with Gasteiger partial charge in [0.05, 0.1) is 5.02 Å². The number of amides is 1. The number of hydrogen-bond donors (Lipinski definition) is 1. The fraction of sp³-hybridized carbons (Fsp3) is 0.353. The Morgan fingerprint density at radius 1 is 1.08 bits per heavy atom. The third-order valence-corrected chi connectivity index (χ3v) is 4.28. The highest BCUT2D eigenvalue weighted by Crippen LogP contribution is 2.20. The van der Waals surface area contributed by atoms with E-state index in [0.717, 1.165) is 31.7 Å². The average molecular weight is 349 g/mol. The lowest BCUT2D eigenvalue weighted by molar-refractivity contribution is 0.102. The highest BCUT2D eigenvalue weighted by atomic mass is 35.5. The molecule has 0 unspecified atom stereocenters. The van der Waals surface area contributed by atoms with Crippen LogP contribution < -0.4 is 10.2 Å². The summed E-state index contributed by atoms with van der Waals surface area (Å²) in [5.74, 6) is -0.151. The number of carbonyl (C=O) groups excluding carboxylic acids is 1. The topological polar surface area (TPSA) is 58.1 Å². The van der Waals surface area contributed by atoms with Gasteiger partial charge in [0.15, 0.2) is 11.5 Å². The van der Waals surface area contributed by atoms with Gasteiger partial charge < -0.3 is 10.2 Å². The number of rotatable bonds is 3. The molecule has 2 heterocycles. The third-order valence-electron chi connectivity index (χ3n) is 3.99. The molecule has 0 bridgehead atoms. The number of nitrogens with one attached hydrogen (secondary N) is 1. The van der Waals surface area contributed by atoms with Gasteiger partial charge in [0.1, 0.15) is 5.82 Å². The van der Waals surface area contributed by atoms with Gasteiger partial charge in [-0.25, -0.2) is 4.39 Å². The van der Waals surface area contributed by atoms with E-state index in [1.54, 1.807) is 6.07 Å². The van der Waals surface area contributed by atoms with E-state index in [1.807, 2.05) is 6.07 Å². The molecular weight excluding hydrogens is 331 g/mol. The van der Waals surface area contributed by atoms with Crippen molar-refractivity contribution in [2.75, 3.05) is 23.3 Å². The first-order valence-electron chi connectivity index (χ1n) is 7.98. The molecule has 5 nitrogen and oxygen atoms in total. The number of benzene rings is 1. The van der Waals surface area contributed by atoms with Crippen molar-refractivity contribution in [1.82, 2.24) is 10.2 Å². The summed E-state index contributed by atoms with van der Waals surface area (Å²) >= 11 is 5.70. The van der Waals surface area contributed by atoms with Crippen LogP contribution in [0.25, 0.3) is 0 Å². The van der Waals surface area contributed by atoms with Gasteiger partial charge in [0.25, 0.3) is 5.91 Å². The van der Waals surface area contributed by atoms with E-state index in [0.29, 0.717) is 5.69 Å². The van der Waals surface area contributed by atoms with Gasteiger partial charge in [-0.1, -0.05) is 24.4 Å². The van der Waals surface area contributed by atoms with Crippen LogP contribution >= 0.6 is 11.6 Å². The second-order valence-electron chi connectivity index (χ2n) is 5.76. The quantitative estimate of drug-likeness (QED) is 0.913. The van der Waals surface area contributed by atoms with Crippen molar-refractivity contribution in [2.24, 2.45) is 0 Å². The smallest absolute Gasteiger partial charge is 0.276 e. The van der Waals surface area contributed by atoms with Gasteiger partial charge in [0, 0.05) is 18.8 Å². The number of hydrogen-bond acceptors (Lipinski definition) is 4. The molecule has 1 aromatic carbocycles. The van der Waals surface area contributed by atoms with Gasteiger partial charge in [-0.15, -0.1) is 10.2 Å². The third kappa shape index (κ3) is 4.00. The second kappa shape index (κ2) is 7.57. The first kappa shape index (κ1) is 16.6.